The molecule has 14 heavy (non-hydrogen) atoms. The van der Waals surface area contributed by atoms with Crippen molar-refractivity contribution in [3.8, 4) is 0 Å². The zero-order valence-corrected chi connectivity index (χ0v) is 8.91. The van der Waals surface area contributed by atoms with E-state index in [9.17, 15) is 4.79 Å². The molecule has 4 heteroatoms. The Kier molecular flexibility index (Phi) is 4.90. The molecule has 82 valence electrons. The Labute approximate surface area is 85.0 Å². The Hall–Kier alpha value is -0.610. The molecule has 0 radical (unpaired) electrons. The first-order chi connectivity index (χ1) is 6.68. The average Bonchev–Trinajstić information content (AvgIpc) is 2.16. The van der Waals surface area contributed by atoms with Gasteiger partial charge < -0.3 is 14.8 Å². The third-order valence-electron chi connectivity index (χ3n) is 1.99. The largest absolute Gasteiger partial charge is 0.465 e. The Morgan fingerprint density at radius 1 is 1.64 bits per heavy atom. The SMILES string of the molecule is CC(C)COC(=O)CC1COCCN1. The van der Waals surface area contributed by atoms with Crippen LogP contribution in [0.4, 0.5) is 0 Å². The third kappa shape index (κ3) is 4.58. The molecule has 1 rings (SSSR count). The minimum atomic E-state index is -0.137. The summed E-state index contributed by atoms with van der Waals surface area (Å²) in [5, 5.41) is 3.21. The van der Waals surface area contributed by atoms with E-state index >= 15 is 0 Å². The summed E-state index contributed by atoms with van der Waals surface area (Å²) < 4.78 is 10.3. The molecule has 0 amide bonds. The fourth-order valence-corrected chi connectivity index (χ4v) is 1.27. The molecule has 1 aliphatic heterocycles. The maximum Gasteiger partial charge on any atom is 0.307 e. The molecule has 0 bridgehead atoms. The Morgan fingerprint density at radius 3 is 3.00 bits per heavy atom. The highest BCUT2D eigenvalue weighted by Crippen LogP contribution is 2.01. The van der Waals surface area contributed by atoms with Crippen LogP contribution in [0.15, 0.2) is 0 Å². The summed E-state index contributed by atoms with van der Waals surface area (Å²) in [6, 6.07) is 0.128. The molecule has 1 N–H and O–H groups in total. The molecule has 4 nitrogen and oxygen atoms in total. The summed E-state index contributed by atoms with van der Waals surface area (Å²) >= 11 is 0. The number of carbonyl (C=O) groups is 1. The van der Waals surface area contributed by atoms with Crippen LogP contribution in [0, 0.1) is 5.92 Å². The molecule has 0 saturated carbocycles. The minimum absolute atomic E-state index is 0.128. The van der Waals surface area contributed by atoms with E-state index in [4.69, 9.17) is 9.47 Å². The second-order valence-corrected chi connectivity index (χ2v) is 4.01. The van der Waals surface area contributed by atoms with Crippen molar-refractivity contribution < 1.29 is 14.3 Å². The molecule has 0 aromatic rings. The van der Waals surface area contributed by atoms with Crippen LogP contribution >= 0.6 is 0 Å². The van der Waals surface area contributed by atoms with Crippen molar-refractivity contribution in [3.05, 3.63) is 0 Å². The summed E-state index contributed by atoms with van der Waals surface area (Å²) in [6.45, 7) is 6.72. The Morgan fingerprint density at radius 2 is 2.43 bits per heavy atom. The lowest BCUT2D eigenvalue weighted by molar-refractivity contribution is -0.146. The smallest absolute Gasteiger partial charge is 0.307 e. The van der Waals surface area contributed by atoms with Crippen molar-refractivity contribution in [1.82, 2.24) is 5.32 Å². The zero-order valence-electron chi connectivity index (χ0n) is 8.91. The van der Waals surface area contributed by atoms with E-state index in [0.717, 1.165) is 13.2 Å². The van der Waals surface area contributed by atoms with Crippen LogP contribution in [0.2, 0.25) is 0 Å². The van der Waals surface area contributed by atoms with E-state index in [0.29, 0.717) is 25.6 Å². The second kappa shape index (κ2) is 5.98. The highest BCUT2D eigenvalue weighted by atomic mass is 16.5. The predicted octanol–water partition coefficient (Wildman–Crippen LogP) is 0.564. The monoisotopic (exact) mass is 201 g/mol. The van der Waals surface area contributed by atoms with Gasteiger partial charge in [-0.1, -0.05) is 13.8 Å². The van der Waals surface area contributed by atoms with E-state index in [1.54, 1.807) is 0 Å². The van der Waals surface area contributed by atoms with Gasteiger partial charge in [0.2, 0.25) is 0 Å². The van der Waals surface area contributed by atoms with Gasteiger partial charge in [0.05, 0.1) is 26.2 Å². The highest BCUT2D eigenvalue weighted by molar-refractivity contribution is 5.70. The van der Waals surface area contributed by atoms with Crippen LogP contribution in [0.1, 0.15) is 20.3 Å². The quantitative estimate of drug-likeness (QED) is 0.675. The van der Waals surface area contributed by atoms with E-state index in [1.807, 2.05) is 13.8 Å². The van der Waals surface area contributed by atoms with Crippen LogP contribution in [0.25, 0.3) is 0 Å². The summed E-state index contributed by atoms with van der Waals surface area (Å²) in [6.07, 6.45) is 0.409. The van der Waals surface area contributed by atoms with Crippen LogP contribution < -0.4 is 5.32 Å². The number of carbonyl (C=O) groups excluding carboxylic acids is 1. The first-order valence-corrected chi connectivity index (χ1v) is 5.15. The maximum absolute atomic E-state index is 11.3. The van der Waals surface area contributed by atoms with E-state index in [2.05, 4.69) is 5.32 Å². The molecular formula is C10H19NO3. The van der Waals surface area contributed by atoms with Gasteiger partial charge in [-0.3, -0.25) is 4.79 Å². The van der Waals surface area contributed by atoms with Crippen molar-refractivity contribution in [1.29, 1.82) is 0 Å². The molecular weight excluding hydrogens is 182 g/mol. The van der Waals surface area contributed by atoms with Gasteiger partial charge >= 0.3 is 5.97 Å². The van der Waals surface area contributed by atoms with Crippen molar-refractivity contribution in [2.75, 3.05) is 26.4 Å². The lowest BCUT2D eigenvalue weighted by atomic mass is 10.2. The molecule has 0 aromatic carbocycles. The van der Waals surface area contributed by atoms with E-state index in [-0.39, 0.29) is 12.0 Å². The van der Waals surface area contributed by atoms with Crippen LogP contribution in [-0.2, 0) is 14.3 Å². The first kappa shape index (κ1) is 11.5. The maximum atomic E-state index is 11.3. The zero-order chi connectivity index (χ0) is 10.4. The average molecular weight is 201 g/mol. The Balaban J connectivity index is 2.12. The molecule has 0 spiro atoms. The number of hydrogen-bond donors (Lipinski definition) is 1. The molecule has 1 fully saturated rings. The lowest BCUT2D eigenvalue weighted by Crippen LogP contribution is -2.42. The topological polar surface area (TPSA) is 47.6 Å². The second-order valence-electron chi connectivity index (χ2n) is 4.01. The molecule has 1 heterocycles. The standard InChI is InChI=1S/C10H19NO3/c1-8(2)6-14-10(12)5-9-7-13-4-3-11-9/h8-9,11H,3-7H2,1-2H3. The summed E-state index contributed by atoms with van der Waals surface area (Å²) in [5.41, 5.74) is 0. The molecule has 0 aromatic heterocycles. The van der Waals surface area contributed by atoms with Gasteiger partial charge in [-0.25, -0.2) is 0 Å². The van der Waals surface area contributed by atoms with Gasteiger partial charge in [0.15, 0.2) is 0 Å². The van der Waals surface area contributed by atoms with Gasteiger partial charge in [-0.2, -0.15) is 0 Å². The molecule has 1 atom stereocenters. The number of nitrogens with one attached hydrogen (secondary N) is 1. The van der Waals surface area contributed by atoms with Gasteiger partial charge in [-0.15, -0.1) is 0 Å². The van der Waals surface area contributed by atoms with Gasteiger partial charge in [0, 0.05) is 12.6 Å². The fourth-order valence-electron chi connectivity index (χ4n) is 1.27. The third-order valence-corrected chi connectivity index (χ3v) is 1.99. The number of morpholine rings is 1. The van der Waals surface area contributed by atoms with Crippen molar-refractivity contribution in [2.45, 2.75) is 26.3 Å². The number of rotatable bonds is 4. The van der Waals surface area contributed by atoms with Crippen molar-refractivity contribution in [2.24, 2.45) is 5.92 Å². The highest BCUT2D eigenvalue weighted by Gasteiger charge is 2.17. The van der Waals surface area contributed by atoms with Crippen LogP contribution in [-0.4, -0.2) is 38.4 Å². The minimum Gasteiger partial charge on any atom is -0.465 e. The normalized spacial score (nSPS) is 22.4. The van der Waals surface area contributed by atoms with Crippen LogP contribution in [0.5, 0.6) is 0 Å². The number of esters is 1. The lowest BCUT2D eigenvalue weighted by Gasteiger charge is -2.22. The summed E-state index contributed by atoms with van der Waals surface area (Å²) in [5.74, 6) is 0.260. The van der Waals surface area contributed by atoms with Crippen molar-refractivity contribution in [3.63, 3.8) is 0 Å². The van der Waals surface area contributed by atoms with Gasteiger partial charge in [0.25, 0.3) is 0 Å². The number of ether oxygens (including phenoxy) is 2. The molecule has 1 saturated heterocycles. The summed E-state index contributed by atoms with van der Waals surface area (Å²) in [4.78, 5) is 11.3. The molecule has 0 aliphatic carbocycles. The van der Waals surface area contributed by atoms with E-state index in [1.165, 1.54) is 0 Å². The number of hydrogen-bond acceptors (Lipinski definition) is 4. The van der Waals surface area contributed by atoms with Gasteiger partial charge in [0.1, 0.15) is 0 Å². The van der Waals surface area contributed by atoms with E-state index < -0.39 is 0 Å². The van der Waals surface area contributed by atoms with Crippen molar-refractivity contribution >= 4 is 5.97 Å². The molecule has 1 aliphatic rings. The Bertz CT molecular complexity index is 176. The summed E-state index contributed by atoms with van der Waals surface area (Å²) in [7, 11) is 0. The predicted molar refractivity (Wildman–Crippen MR) is 53.0 cm³/mol. The van der Waals surface area contributed by atoms with Crippen LogP contribution in [0.3, 0.4) is 0 Å². The first-order valence-electron chi connectivity index (χ1n) is 5.15. The fraction of sp³-hybridized carbons (Fsp3) is 0.900. The molecule has 1 unspecified atom stereocenters. The van der Waals surface area contributed by atoms with Gasteiger partial charge in [-0.05, 0) is 5.92 Å².